The number of hydrogen-bond donors (Lipinski definition) is 0. The Balaban J connectivity index is 3.06. The number of rotatable bonds is 56. The third kappa shape index (κ3) is 57.7. The molecule has 0 aromatic heterocycles. The molecule has 0 fully saturated rings. The van der Waals surface area contributed by atoms with Crippen molar-refractivity contribution in [2.75, 3.05) is 0 Å². The maximum absolute atomic E-state index is 2.37. The monoisotopic (exact) mass is 841 g/mol. The lowest BCUT2D eigenvalue weighted by Crippen LogP contribution is -1.85. The molecule has 0 nitrogen and oxygen atoms in total. The highest BCUT2D eigenvalue weighted by Crippen LogP contribution is 2.19. The molecule has 0 aromatic rings. The van der Waals surface area contributed by atoms with E-state index in [0.717, 1.165) is 0 Å². The van der Waals surface area contributed by atoms with E-state index in [1.165, 1.54) is 360 Å². The Morgan fingerprint density at radius 3 is 0.417 bits per heavy atom. The van der Waals surface area contributed by atoms with Gasteiger partial charge in [0.05, 0.1) is 0 Å². The topological polar surface area (TPSA) is 0 Å². The fraction of sp³-hybridized carbons (Fsp3) is 0.967. The second kappa shape index (κ2) is 58.7. The minimum atomic E-state index is 1.19. The van der Waals surface area contributed by atoms with E-state index in [4.69, 9.17) is 0 Å². The summed E-state index contributed by atoms with van der Waals surface area (Å²) in [6.45, 7) is 4.54. The molecule has 0 heteroatoms. The van der Waals surface area contributed by atoms with Gasteiger partial charge in [-0.2, -0.15) is 0 Å². The van der Waals surface area contributed by atoms with Crippen LogP contribution in [0.25, 0.3) is 0 Å². The molecule has 0 bridgehead atoms. The zero-order chi connectivity index (χ0) is 43.0. The highest BCUT2D eigenvalue weighted by atomic mass is 14.1. The average molecular weight is 842 g/mol. The first-order chi connectivity index (χ1) is 29.9. The predicted molar refractivity (Wildman–Crippen MR) is 279 cm³/mol. The summed E-state index contributed by atoms with van der Waals surface area (Å²) in [5.41, 5.74) is 0. The molecule has 0 rings (SSSR count). The molecular weight excluding hydrogens is 721 g/mol. The van der Waals surface area contributed by atoms with Crippen molar-refractivity contribution in [1.29, 1.82) is 0 Å². The highest BCUT2D eigenvalue weighted by molar-refractivity contribution is 4.79. The van der Waals surface area contributed by atoms with Gasteiger partial charge in [-0.3, -0.25) is 0 Å². The lowest BCUT2D eigenvalue weighted by Gasteiger charge is -2.05. The molecule has 0 heterocycles. The molecule has 0 N–H and O–H groups in total. The van der Waals surface area contributed by atoms with Crippen molar-refractivity contribution in [1.82, 2.24) is 0 Å². The molecule has 0 saturated carbocycles. The Morgan fingerprint density at radius 1 is 0.150 bits per heavy atom. The summed E-state index contributed by atoms with van der Waals surface area (Å²) in [6.07, 6.45) is 87.5. The lowest BCUT2D eigenvalue weighted by atomic mass is 10.0. The van der Waals surface area contributed by atoms with Crippen molar-refractivity contribution in [2.45, 2.75) is 373 Å². The Kier molecular flexibility index (Phi) is 58.5. The van der Waals surface area contributed by atoms with Gasteiger partial charge in [-0.05, 0) is 19.3 Å². The van der Waals surface area contributed by atoms with E-state index in [1.807, 2.05) is 0 Å². The Morgan fingerprint density at radius 2 is 0.283 bits per heavy atom. The lowest BCUT2D eigenvalue weighted by molar-refractivity contribution is 0.507. The molecule has 0 atom stereocenters. The largest absolute Gasteiger partial charge is 0.0888 e. The van der Waals surface area contributed by atoms with Crippen LogP contribution < -0.4 is 0 Å². The third-order valence-electron chi connectivity index (χ3n) is 14.1. The van der Waals surface area contributed by atoms with Crippen LogP contribution in [0.3, 0.4) is 0 Å². The smallest absolute Gasteiger partial charge is 0.0351 e. The van der Waals surface area contributed by atoms with Crippen LogP contribution in [0.4, 0.5) is 0 Å². The van der Waals surface area contributed by atoms with Gasteiger partial charge in [0.25, 0.3) is 0 Å². The fourth-order valence-electron chi connectivity index (χ4n) is 9.81. The Hall–Kier alpha value is -0.260. The van der Waals surface area contributed by atoms with E-state index in [2.05, 4.69) is 26.0 Å². The average Bonchev–Trinajstić information content (AvgIpc) is 3.26. The van der Waals surface area contributed by atoms with E-state index in [9.17, 15) is 0 Å². The van der Waals surface area contributed by atoms with Crippen molar-refractivity contribution in [3.63, 3.8) is 0 Å². The maximum Gasteiger partial charge on any atom is -0.0351 e. The van der Waals surface area contributed by atoms with Crippen LogP contribution in [0.5, 0.6) is 0 Å². The van der Waals surface area contributed by atoms with Gasteiger partial charge >= 0.3 is 0 Å². The first-order valence-corrected chi connectivity index (χ1v) is 29.6. The SMILES string of the molecule is CC/C=C/CCCCCCCCCCCCCCCCCCCCCCCCCCCCCCCCCCCCCCCCCCCCCCCCCCCCCCCC. The van der Waals surface area contributed by atoms with Crippen LogP contribution in [0.15, 0.2) is 12.2 Å². The third-order valence-corrected chi connectivity index (χ3v) is 14.1. The van der Waals surface area contributed by atoms with Crippen molar-refractivity contribution in [3.05, 3.63) is 12.2 Å². The molecule has 0 aliphatic heterocycles. The maximum atomic E-state index is 2.37. The van der Waals surface area contributed by atoms with Crippen molar-refractivity contribution in [2.24, 2.45) is 0 Å². The zero-order valence-corrected chi connectivity index (χ0v) is 42.8. The Labute approximate surface area is 384 Å². The molecule has 0 unspecified atom stereocenters. The van der Waals surface area contributed by atoms with Gasteiger partial charge in [-0.15, -0.1) is 0 Å². The van der Waals surface area contributed by atoms with Gasteiger partial charge in [0, 0.05) is 0 Å². The molecule has 0 aromatic carbocycles. The first kappa shape index (κ1) is 59.7. The van der Waals surface area contributed by atoms with Gasteiger partial charge in [0.15, 0.2) is 0 Å². The van der Waals surface area contributed by atoms with Crippen LogP contribution in [0.2, 0.25) is 0 Å². The quantitative estimate of drug-likeness (QED) is 0.0423. The van der Waals surface area contributed by atoms with Gasteiger partial charge in [-0.1, -0.05) is 366 Å². The van der Waals surface area contributed by atoms with Gasteiger partial charge in [-0.25, -0.2) is 0 Å². The molecular formula is C60H120. The molecule has 0 aliphatic carbocycles. The Bertz CT molecular complexity index is 720. The van der Waals surface area contributed by atoms with Crippen molar-refractivity contribution >= 4 is 0 Å². The zero-order valence-electron chi connectivity index (χ0n) is 42.8. The van der Waals surface area contributed by atoms with Crippen LogP contribution in [0.1, 0.15) is 373 Å². The molecule has 0 radical (unpaired) electrons. The molecule has 0 saturated heterocycles. The van der Waals surface area contributed by atoms with Gasteiger partial charge in [0.2, 0.25) is 0 Å². The number of allylic oxidation sites excluding steroid dienone is 2. The minimum Gasteiger partial charge on any atom is -0.0888 e. The van der Waals surface area contributed by atoms with Crippen molar-refractivity contribution < 1.29 is 0 Å². The van der Waals surface area contributed by atoms with Crippen LogP contribution in [0, 0.1) is 0 Å². The summed E-state index contributed by atoms with van der Waals surface area (Å²) in [6, 6.07) is 0. The van der Waals surface area contributed by atoms with Gasteiger partial charge in [0.1, 0.15) is 0 Å². The molecule has 60 heavy (non-hydrogen) atoms. The molecule has 0 aliphatic rings. The van der Waals surface area contributed by atoms with E-state index in [-0.39, 0.29) is 0 Å². The molecule has 0 spiro atoms. The second-order valence-electron chi connectivity index (χ2n) is 20.4. The van der Waals surface area contributed by atoms with Gasteiger partial charge < -0.3 is 0 Å². The molecule has 0 amide bonds. The van der Waals surface area contributed by atoms with Crippen LogP contribution >= 0.6 is 0 Å². The van der Waals surface area contributed by atoms with E-state index in [1.54, 1.807) is 0 Å². The van der Waals surface area contributed by atoms with Crippen LogP contribution in [-0.2, 0) is 0 Å². The summed E-state index contributed by atoms with van der Waals surface area (Å²) in [4.78, 5) is 0. The van der Waals surface area contributed by atoms with Crippen molar-refractivity contribution in [3.8, 4) is 0 Å². The highest BCUT2D eigenvalue weighted by Gasteiger charge is 1.99. The first-order valence-electron chi connectivity index (χ1n) is 29.6. The number of hydrogen-bond acceptors (Lipinski definition) is 0. The summed E-state index contributed by atoms with van der Waals surface area (Å²) in [7, 11) is 0. The van der Waals surface area contributed by atoms with E-state index in [0.29, 0.717) is 0 Å². The van der Waals surface area contributed by atoms with Crippen LogP contribution in [-0.4, -0.2) is 0 Å². The normalized spacial score (nSPS) is 11.8. The standard InChI is InChI=1S/C60H120/c1-3-5-7-9-11-13-15-17-19-21-23-25-27-29-31-33-35-37-39-41-43-45-47-49-51-53-55-57-59-60-58-56-54-52-50-48-46-44-42-40-38-36-34-32-30-28-26-24-22-20-18-16-14-12-10-8-6-4-2/h5,7H,3-4,6,8-60H2,1-2H3/b7-5+. The molecule has 360 valence electrons. The summed E-state index contributed by atoms with van der Waals surface area (Å²) < 4.78 is 0. The predicted octanol–water partition coefficient (Wildman–Crippen LogP) is 23.4. The second-order valence-corrected chi connectivity index (χ2v) is 20.4. The summed E-state index contributed by atoms with van der Waals surface area (Å²) >= 11 is 0. The van der Waals surface area contributed by atoms with E-state index >= 15 is 0 Å². The fourth-order valence-corrected chi connectivity index (χ4v) is 9.81. The van der Waals surface area contributed by atoms with E-state index < -0.39 is 0 Å². The summed E-state index contributed by atoms with van der Waals surface area (Å²) in [5.74, 6) is 0. The summed E-state index contributed by atoms with van der Waals surface area (Å²) in [5, 5.41) is 0. The number of unbranched alkanes of at least 4 members (excludes halogenated alkanes) is 54. The minimum absolute atomic E-state index is 1.19.